The molecule has 1 saturated heterocycles. The van der Waals surface area contributed by atoms with Gasteiger partial charge in [0.15, 0.2) is 9.84 Å². The Morgan fingerprint density at radius 2 is 2.05 bits per heavy atom. The molecule has 2 heterocycles. The minimum absolute atomic E-state index is 0.206. The first kappa shape index (κ1) is 15.2. The summed E-state index contributed by atoms with van der Waals surface area (Å²) < 4.78 is 23.6. The van der Waals surface area contributed by atoms with E-state index in [0.29, 0.717) is 4.90 Å². The van der Waals surface area contributed by atoms with Gasteiger partial charge in [-0.1, -0.05) is 29.8 Å². The molecule has 1 N–H and O–H groups in total. The van der Waals surface area contributed by atoms with Gasteiger partial charge in [0.2, 0.25) is 0 Å². The van der Waals surface area contributed by atoms with Crippen molar-refractivity contribution in [2.75, 3.05) is 19.3 Å². The molecule has 0 radical (unpaired) electrons. The molecule has 5 nitrogen and oxygen atoms in total. The molecule has 1 aliphatic heterocycles. The smallest absolute Gasteiger partial charge is 0.178 e. The molecule has 118 valence electrons. The third-order valence-electron chi connectivity index (χ3n) is 4.24. The highest BCUT2D eigenvalue weighted by atomic mass is 32.2. The first-order valence-corrected chi connectivity index (χ1v) is 9.34. The van der Waals surface area contributed by atoms with E-state index in [0.717, 1.165) is 31.7 Å². The Morgan fingerprint density at radius 1 is 1.32 bits per heavy atom. The number of H-pyrrole nitrogens is 1. The lowest BCUT2D eigenvalue weighted by Crippen LogP contribution is -2.20. The first-order valence-electron chi connectivity index (χ1n) is 7.44. The molecule has 1 aromatic carbocycles. The summed E-state index contributed by atoms with van der Waals surface area (Å²) >= 11 is 0. The number of rotatable bonds is 4. The van der Waals surface area contributed by atoms with Crippen molar-refractivity contribution in [3.8, 4) is 0 Å². The molecule has 6 heteroatoms. The number of aryl methyl sites for hydroxylation is 1. The fourth-order valence-electron chi connectivity index (χ4n) is 3.04. The average Bonchev–Trinajstić information content (AvgIpc) is 3.09. The Hall–Kier alpha value is -1.66. The van der Waals surface area contributed by atoms with Gasteiger partial charge in [0.1, 0.15) is 4.90 Å². The fourth-order valence-corrected chi connectivity index (χ4v) is 3.89. The van der Waals surface area contributed by atoms with E-state index in [4.69, 9.17) is 0 Å². The summed E-state index contributed by atoms with van der Waals surface area (Å²) in [7, 11) is -3.22. The van der Waals surface area contributed by atoms with Crippen molar-refractivity contribution in [3.05, 3.63) is 47.3 Å². The average molecular weight is 319 g/mol. The van der Waals surface area contributed by atoms with E-state index in [9.17, 15) is 8.42 Å². The second-order valence-corrected chi connectivity index (χ2v) is 8.11. The molecule has 1 aromatic heterocycles. The second kappa shape index (κ2) is 5.85. The van der Waals surface area contributed by atoms with Gasteiger partial charge in [-0.3, -0.25) is 10.00 Å². The number of nitrogens with zero attached hydrogens (tertiary/aromatic N) is 2. The highest BCUT2D eigenvalue weighted by Crippen LogP contribution is 2.30. The van der Waals surface area contributed by atoms with Gasteiger partial charge in [0.05, 0.1) is 11.9 Å². The van der Waals surface area contributed by atoms with Gasteiger partial charge in [-0.05, 0) is 25.5 Å². The Morgan fingerprint density at radius 3 is 2.73 bits per heavy atom. The van der Waals surface area contributed by atoms with Crippen LogP contribution in [0.4, 0.5) is 0 Å². The van der Waals surface area contributed by atoms with E-state index in [1.54, 1.807) is 0 Å². The zero-order chi connectivity index (χ0) is 15.7. The van der Waals surface area contributed by atoms with E-state index in [-0.39, 0.29) is 5.92 Å². The zero-order valence-corrected chi connectivity index (χ0v) is 13.7. The first-order chi connectivity index (χ1) is 10.4. The Kier molecular flexibility index (Phi) is 4.06. The number of nitrogens with one attached hydrogen (secondary N) is 1. The molecular formula is C16H21N3O2S. The third-order valence-corrected chi connectivity index (χ3v) is 5.36. The number of sulfone groups is 1. The van der Waals surface area contributed by atoms with Crippen LogP contribution in [-0.2, 0) is 16.4 Å². The highest BCUT2D eigenvalue weighted by molar-refractivity contribution is 7.90. The minimum atomic E-state index is -3.22. The van der Waals surface area contributed by atoms with Gasteiger partial charge in [-0.15, -0.1) is 0 Å². The number of hydrogen-bond donors (Lipinski definition) is 1. The van der Waals surface area contributed by atoms with Crippen LogP contribution in [0, 0.1) is 6.92 Å². The SMILES string of the molecule is Cc1ccc(CN2CC[C@H](c3[nH]ncc3S(C)(=O)=O)C2)cc1. The molecule has 1 aliphatic rings. The predicted molar refractivity (Wildman–Crippen MR) is 85.5 cm³/mol. The predicted octanol–water partition coefficient (Wildman–Crippen LogP) is 2.11. The lowest BCUT2D eigenvalue weighted by Gasteiger charge is -2.16. The summed E-state index contributed by atoms with van der Waals surface area (Å²) in [5.74, 6) is 0.206. The minimum Gasteiger partial charge on any atom is -0.298 e. The summed E-state index contributed by atoms with van der Waals surface area (Å²) in [5.41, 5.74) is 3.31. The van der Waals surface area contributed by atoms with Gasteiger partial charge in [0, 0.05) is 25.3 Å². The van der Waals surface area contributed by atoms with Crippen molar-refractivity contribution in [3.63, 3.8) is 0 Å². The molecule has 0 unspecified atom stereocenters. The number of benzene rings is 1. The summed E-state index contributed by atoms with van der Waals surface area (Å²) in [5, 5.41) is 6.82. The maximum absolute atomic E-state index is 11.8. The number of likely N-dealkylation sites (tertiary alicyclic amines) is 1. The largest absolute Gasteiger partial charge is 0.298 e. The maximum atomic E-state index is 11.8. The van der Waals surface area contributed by atoms with E-state index >= 15 is 0 Å². The van der Waals surface area contributed by atoms with Crippen molar-refractivity contribution < 1.29 is 8.42 Å². The highest BCUT2D eigenvalue weighted by Gasteiger charge is 2.29. The molecule has 1 fully saturated rings. The fraction of sp³-hybridized carbons (Fsp3) is 0.438. The zero-order valence-electron chi connectivity index (χ0n) is 12.9. The molecular weight excluding hydrogens is 298 g/mol. The quantitative estimate of drug-likeness (QED) is 0.937. The van der Waals surface area contributed by atoms with Gasteiger partial charge in [0.25, 0.3) is 0 Å². The summed E-state index contributed by atoms with van der Waals surface area (Å²) in [6, 6.07) is 8.56. The van der Waals surface area contributed by atoms with Gasteiger partial charge in [-0.2, -0.15) is 5.10 Å². The number of hydrogen-bond acceptors (Lipinski definition) is 4. The third kappa shape index (κ3) is 3.23. The number of aromatic amines is 1. The number of aromatic nitrogens is 2. The molecule has 0 spiro atoms. The molecule has 3 rings (SSSR count). The van der Waals surface area contributed by atoms with Crippen molar-refractivity contribution >= 4 is 9.84 Å². The lowest BCUT2D eigenvalue weighted by molar-refractivity contribution is 0.326. The standard InChI is InChI=1S/C16H21N3O2S/c1-12-3-5-13(6-4-12)10-19-8-7-14(11-19)16-15(9-17-18-16)22(2,20)21/h3-6,9,14H,7-8,10-11H2,1-2H3,(H,17,18)/t14-/m0/s1. The molecule has 2 aromatic rings. The van der Waals surface area contributed by atoms with Crippen molar-refractivity contribution in [2.24, 2.45) is 0 Å². The van der Waals surface area contributed by atoms with Crippen LogP contribution in [0.1, 0.15) is 29.2 Å². The molecule has 0 saturated carbocycles. The van der Waals surface area contributed by atoms with Crippen LogP contribution in [-0.4, -0.2) is 42.9 Å². The van der Waals surface area contributed by atoms with Crippen LogP contribution >= 0.6 is 0 Å². The van der Waals surface area contributed by atoms with E-state index < -0.39 is 9.84 Å². The lowest BCUT2D eigenvalue weighted by atomic mass is 10.1. The molecule has 0 aliphatic carbocycles. The van der Waals surface area contributed by atoms with Gasteiger partial charge in [-0.25, -0.2) is 8.42 Å². The molecule has 0 bridgehead atoms. The van der Waals surface area contributed by atoms with Crippen LogP contribution in [0.5, 0.6) is 0 Å². The van der Waals surface area contributed by atoms with Crippen molar-refractivity contribution in [1.29, 1.82) is 0 Å². The van der Waals surface area contributed by atoms with Crippen LogP contribution in [0.2, 0.25) is 0 Å². The monoisotopic (exact) mass is 319 g/mol. The second-order valence-electron chi connectivity index (χ2n) is 6.13. The summed E-state index contributed by atoms with van der Waals surface area (Å²) in [6.45, 7) is 4.82. The van der Waals surface area contributed by atoms with Crippen LogP contribution in [0.25, 0.3) is 0 Å². The van der Waals surface area contributed by atoms with Crippen molar-refractivity contribution in [1.82, 2.24) is 15.1 Å². The molecule has 1 atom stereocenters. The topological polar surface area (TPSA) is 66.1 Å². The van der Waals surface area contributed by atoms with Crippen LogP contribution < -0.4 is 0 Å². The summed E-state index contributed by atoms with van der Waals surface area (Å²) in [4.78, 5) is 2.71. The van der Waals surface area contributed by atoms with Crippen LogP contribution in [0.3, 0.4) is 0 Å². The Labute approximate surface area is 131 Å². The Bertz CT molecular complexity index is 750. The Balaban J connectivity index is 1.70. The molecule has 0 amide bonds. The van der Waals surface area contributed by atoms with Gasteiger partial charge < -0.3 is 0 Å². The van der Waals surface area contributed by atoms with Gasteiger partial charge >= 0.3 is 0 Å². The van der Waals surface area contributed by atoms with Crippen molar-refractivity contribution in [2.45, 2.75) is 30.7 Å². The van der Waals surface area contributed by atoms with E-state index in [1.165, 1.54) is 23.6 Å². The van der Waals surface area contributed by atoms with E-state index in [2.05, 4.69) is 46.3 Å². The van der Waals surface area contributed by atoms with Crippen LogP contribution in [0.15, 0.2) is 35.4 Å². The molecule has 22 heavy (non-hydrogen) atoms. The maximum Gasteiger partial charge on any atom is 0.178 e. The summed E-state index contributed by atoms with van der Waals surface area (Å²) in [6.07, 6.45) is 3.62. The normalized spacial score (nSPS) is 19.6. The van der Waals surface area contributed by atoms with E-state index in [1.807, 2.05) is 0 Å².